The highest BCUT2D eigenvalue weighted by atomic mass is 16.4. The topological polar surface area (TPSA) is 86.9 Å². The van der Waals surface area contributed by atoms with Crippen molar-refractivity contribution < 1.29 is 14.7 Å². The minimum atomic E-state index is -0.870. The smallest absolute Gasteiger partial charge is 0.407 e. The summed E-state index contributed by atoms with van der Waals surface area (Å²) >= 11 is 0. The van der Waals surface area contributed by atoms with Gasteiger partial charge in [0, 0.05) is 38.0 Å². The standard InChI is InChI=1S/C8H13N3O3/c9-7(12)10-1-5-3-11(8(13)14)4-6(5)2-10/h5-6H,1-4H2,(H2,9,12)(H,13,14). The van der Waals surface area contributed by atoms with Gasteiger partial charge in [-0.15, -0.1) is 0 Å². The van der Waals surface area contributed by atoms with Gasteiger partial charge in [0.1, 0.15) is 0 Å². The van der Waals surface area contributed by atoms with E-state index >= 15 is 0 Å². The van der Waals surface area contributed by atoms with Gasteiger partial charge in [-0.1, -0.05) is 0 Å². The molecule has 2 unspecified atom stereocenters. The van der Waals surface area contributed by atoms with Crippen LogP contribution in [0.25, 0.3) is 0 Å². The van der Waals surface area contributed by atoms with Crippen LogP contribution in [0.5, 0.6) is 0 Å². The van der Waals surface area contributed by atoms with E-state index in [9.17, 15) is 9.59 Å². The van der Waals surface area contributed by atoms with Gasteiger partial charge in [0.15, 0.2) is 0 Å². The van der Waals surface area contributed by atoms with E-state index < -0.39 is 12.1 Å². The fourth-order valence-corrected chi connectivity index (χ4v) is 2.33. The Kier molecular flexibility index (Phi) is 1.98. The van der Waals surface area contributed by atoms with E-state index in [1.165, 1.54) is 4.90 Å². The zero-order chi connectivity index (χ0) is 10.3. The van der Waals surface area contributed by atoms with Gasteiger partial charge in [-0.2, -0.15) is 0 Å². The molecular weight excluding hydrogens is 186 g/mol. The van der Waals surface area contributed by atoms with Crippen molar-refractivity contribution in [3.05, 3.63) is 0 Å². The van der Waals surface area contributed by atoms with Crippen LogP contribution in [0.3, 0.4) is 0 Å². The monoisotopic (exact) mass is 199 g/mol. The molecular formula is C8H13N3O3. The number of nitrogens with zero attached hydrogens (tertiary/aromatic N) is 2. The predicted octanol–water partition coefficient (Wildman–Crippen LogP) is -0.393. The lowest BCUT2D eigenvalue weighted by Gasteiger charge is -2.17. The zero-order valence-electron chi connectivity index (χ0n) is 7.72. The minimum Gasteiger partial charge on any atom is -0.465 e. The van der Waals surface area contributed by atoms with Crippen molar-refractivity contribution in [2.24, 2.45) is 17.6 Å². The lowest BCUT2D eigenvalue weighted by Crippen LogP contribution is -2.37. The Morgan fingerprint density at radius 2 is 1.50 bits per heavy atom. The van der Waals surface area contributed by atoms with Crippen LogP contribution in [0.2, 0.25) is 0 Å². The molecule has 78 valence electrons. The third-order valence-electron chi connectivity index (χ3n) is 3.07. The molecule has 0 bridgehead atoms. The Hall–Kier alpha value is -1.46. The Balaban J connectivity index is 1.96. The molecule has 2 aliphatic rings. The van der Waals surface area contributed by atoms with Gasteiger partial charge in [-0.25, -0.2) is 9.59 Å². The van der Waals surface area contributed by atoms with E-state index in [0.29, 0.717) is 26.2 Å². The van der Waals surface area contributed by atoms with Gasteiger partial charge in [0.05, 0.1) is 0 Å². The van der Waals surface area contributed by atoms with Crippen molar-refractivity contribution in [3.63, 3.8) is 0 Å². The van der Waals surface area contributed by atoms with Gasteiger partial charge < -0.3 is 20.6 Å². The van der Waals surface area contributed by atoms with Crippen molar-refractivity contribution in [3.8, 4) is 0 Å². The quantitative estimate of drug-likeness (QED) is 0.556. The van der Waals surface area contributed by atoms with E-state index in [2.05, 4.69) is 0 Å². The molecule has 2 saturated heterocycles. The van der Waals surface area contributed by atoms with Crippen molar-refractivity contribution in [2.75, 3.05) is 26.2 Å². The third kappa shape index (κ3) is 1.36. The molecule has 0 aromatic carbocycles. The van der Waals surface area contributed by atoms with Crippen LogP contribution in [0.1, 0.15) is 0 Å². The summed E-state index contributed by atoms with van der Waals surface area (Å²) in [5.41, 5.74) is 5.15. The Morgan fingerprint density at radius 3 is 1.86 bits per heavy atom. The van der Waals surface area contributed by atoms with Gasteiger partial charge in [-0.05, 0) is 0 Å². The molecule has 3 amide bonds. The molecule has 6 nitrogen and oxygen atoms in total. The van der Waals surface area contributed by atoms with E-state index in [4.69, 9.17) is 10.8 Å². The van der Waals surface area contributed by atoms with Crippen LogP contribution in [0.15, 0.2) is 0 Å². The maximum atomic E-state index is 10.9. The van der Waals surface area contributed by atoms with E-state index in [1.54, 1.807) is 4.90 Å². The number of likely N-dealkylation sites (tertiary alicyclic amines) is 2. The highest BCUT2D eigenvalue weighted by molar-refractivity contribution is 5.72. The summed E-state index contributed by atoms with van der Waals surface area (Å²) in [6.07, 6.45) is -0.870. The number of carboxylic acid groups (broad SMARTS) is 1. The fourth-order valence-electron chi connectivity index (χ4n) is 2.33. The fraction of sp³-hybridized carbons (Fsp3) is 0.750. The summed E-state index contributed by atoms with van der Waals surface area (Å²) in [6, 6.07) is -0.402. The number of hydrogen-bond acceptors (Lipinski definition) is 2. The molecule has 2 aliphatic heterocycles. The Bertz CT molecular complexity index is 241. The number of carbonyl (C=O) groups excluding carboxylic acids is 1. The van der Waals surface area contributed by atoms with Gasteiger partial charge in [0.25, 0.3) is 0 Å². The summed E-state index contributed by atoms with van der Waals surface area (Å²) in [4.78, 5) is 24.5. The van der Waals surface area contributed by atoms with Crippen LogP contribution in [-0.2, 0) is 0 Å². The highest BCUT2D eigenvalue weighted by Gasteiger charge is 2.42. The summed E-state index contributed by atoms with van der Waals surface area (Å²) in [7, 11) is 0. The molecule has 2 atom stereocenters. The van der Waals surface area contributed by atoms with Crippen LogP contribution in [-0.4, -0.2) is 53.2 Å². The number of primary amides is 1. The third-order valence-corrected chi connectivity index (χ3v) is 3.07. The largest absolute Gasteiger partial charge is 0.465 e. The van der Waals surface area contributed by atoms with Crippen molar-refractivity contribution >= 4 is 12.1 Å². The van der Waals surface area contributed by atoms with Crippen LogP contribution in [0.4, 0.5) is 9.59 Å². The van der Waals surface area contributed by atoms with Gasteiger partial charge in [-0.3, -0.25) is 0 Å². The molecule has 3 N–H and O–H groups in total. The molecule has 0 aliphatic carbocycles. The lowest BCUT2D eigenvalue weighted by atomic mass is 10.0. The number of fused-ring (bicyclic) bond motifs is 1. The first-order valence-electron chi connectivity index (χ1n) is 4.60. The average Bonchev–Trinajstić information content (AvgIpc) is 2.57. The van der Waals surface area contributed by atoms with Crippen molar-refractivity contribution in [1.82, 2.24) is 9.80 Å². The predicted molar refractivity (Wildman–Crippen MR) is 47.7 cm³/mol. The highest BCUT2D eigenvalue weighted by Crippen LogP contribution is 2.30. The summed E-state index contributed by atoms with van der Waals surface area (Å²) in [5, 5.41) is 8.76. The molecule has 0 spiro atoms. The van der Waals surface area contributed by atoms with Gasteiger partial charge in [0.2, 0.25) is 0 Å². The number of urea groups is 1. The maximum absolute atomic E-state index is 10.9. The molecule has 6 heteroatoms. The maximum Gasteiger partial charge on any atom is 0.407 e. The normalized spacial score (nSPS) is 30.6. The lowest BCUT2D eigenvalue weighted by molar-refractivity contribution is 0.150. The average molecular weight is 199 g/mol. The van der Waals surface area contributed by atoms with Crippen LogP contribution >= 0.6 is 0 Å². The minimum absolute atomic E-state index is 0.276. The second kappa shape index (κ2) is 3.04. The number of nitrogens with two attached hydrogens (primary N) is 1. The summed E-state index contributed by atoms with van der Waals surface area (Å²) < 4.78 is 0. The van der Waals surface area contributed by atoms with E-state index in [-0.39, 0.29) is 11.8 Å². The zero-order valence-corrected chi connectivity index (χ0v) is 7.72. The second-order valence-electron chi connectivity index (χ2n) is 3.95. The second-order valence-corrected chi connectivity index (χ2v) is 3.95. The van der Waals surface area contributed by atoms with E-state index in [0.717, 1.165) is 0 Å². The molecule has 2 heterocycles. The first kappa shape index (κ1) is 9.11. The van der Waals surface area contributed by atoms with Crippen molar-refractivity contribution in [1.29, 1.82) is 0 Å². The summed E-state index contributed by atoms with van der Waals surface area (Å²) in [6.45, 7) is 2.26. The molecule has 2 rings (SSSR count). The molecule has 2 fully saturated rings. The van der Waals surface area contributed by atoms with Crippen LogP contribution < -0.4 is 5.73 Å². The molecule has 0 aromatic heterocycles. The molecule has 0 aromatic rings. The summed E-state index contributed by atoms with van der Waals surface area (Å²) in [5.74, 6) is 0.553. The van der Waals surface area contributed by atoms with Crippen LogP contribution in [0, 0.1) is 11.8 Å². The molecule has 14 heavy (non-hydrogen) atoms. The first-order valence-corrected chi connectivity index (χ1v) is 4.60. The number of rotatable bonds is 0. The number of amides is 3. The Morgan fingerprint density at radius 1 is 1.07 bits per heavy atom. The van der Waals surface area contributed by atoms with E-state index in [1.807, 2.05) is 0 Å². The first-order chi connectivity index (χ1) is 6.58. The number of carbonyl (C=O) groups is 2. The molecule has 0 radical (unpaired) electrons. The SMILES string of the molecule is NC(=O)N1CC2CN(C(=O)O)CC2C1. The number of hydrogen-bond donors (Lipinski definition) is 2. The Labute approximate surface area is 81.3 Å². The van der Waals surface area contributed by atoms with Gasteiger partial charge >= 0.3 is 12.1 Å². The molecule has 0 saturated carbocycles. The van der Waals surface area contributed by atoms with Crippen molar-refractivity contribution in [2.45, 2.75) is 0 Å².